The van der Waals surface area contributed by atoms with Gasteiger partial charge in [-0.25, -0.2) is 16.8 Å². The van der Waals surface area contributed by atoms with E-state index in [4.69, 9.17) is 23.2 Å². The van der Waals surface area contributed by atoms with Crippen molar-refractivity contribution in [3.05, 3.63) is 38.1 Å². The quantitative estimate of drug-likeness (QED) is 0.208. The largest absolute Gasteiger partial charge is 0.480 e. The molecule has 0 spiro atoms. The number of hydrogen-bond acceptors (Lipinski definition) is 7. The van der Waals surface area contributed by atoms with Gasteiger partial charge in [-0.1, -0.05) is 62.2 Å². The lowest BCUT2D eigenvalue weighted by Gasteiger charge is -2.35. The minimum absolute atomic E-state index is 0.0451. The number of aliphatic carboxylic acids is 1. The van der Waals surface area contributed by atoms with Crippen molar-refractivity contribution in [3.8, 4) is 0 Å². The van der Waals surface area contributed by atoms with Crippen LogP contribution >= 0.6 is 50.5 Å². The molecule has 2 fully saturated rings. The molecular formula is C29H40BrCl2N3O6S3. The van der Waals surface area contributed by atoms with Gasteiger partial charge in [0, 0.05) is 30.7 Å². The lowest BCUT2D eigenvalue weighted by atomic mass is 9.87. The monoisotopic (exact) mass is 771 g/mol. The molecule has 2 saturated heterocycles. The first-order valence-electron chi connectivity index (χ1n) is 15.1. The van der Waals surface area contributed by atoms with Crippen molar-refractivity contribution in [2.75, 3.05) is 31.1 Å². The summed E-state index contributed by atoms with van der Waals surface area (Å²) in [6.07, 6.45) is 8.71. The van der Waals surface area contributed by atoms with Crippen LogP contribution in [0.2, 0.25) is 9.36 Å². The summed E-state index contributed by atoms with van der Waals surface area (Å²) in [5.74, 6) is -0.0637. The average molecular weight is 774 g/mol. The van der Waals surface area contributed by atoms with Crippen molar-refractivity contribution < 1.29 is 26.7 Å². The molecular weight excluding hydrogens is 733 g/mol. The van der Waals surface area contributed by atoms with Gasteiger partial charge in [-0.05, 0) is 84.1 Å². The molecule has 2 N–H and O–H groups in total. The number of nitrogens with zero attached hydrogens (tertiary/aromatic N) is 2. The van der Waals surface area contributed by atoms with E-state index in [1.807, 2.05) is 6.92 Å². The van der Waals surface area contributed by atoms with E-state index in [9.17, 15) is 26.7 Å². The Balaban J connectivity index is 1.21. The molecule has 0 radical (unpaired) electrons. The van der Waals surface area contributed by atoms with Crippen molar-refractivity contribution in [2.45, 2.75) is 86.3 Å². The van der Waals surface area contributed by atoms with Crippen LogP contribution in [-0.4, -0.2) is 64.4 Å². The number of carbonyl (C=O) groups is 1. The zero-order chi connectivity index (χ0) is 32.1. The van der Waals surface area contributed by atoms with Crippen molar-refractivity contribution >= 4 is 82.2 Å². The Morgan fingerprint density at radius 3 is 2.16 bits per heavy atom. The molecule has 0 amide bonds. The number of benzene rings is 1. The van der Waals surface area contributed by atoms with Crippen molar-refractivity contribution in [1.29, 1.82) is 0 Å². The molecule has 0 bridgehead atoms. The summed E-state index contributed by atoms with van der Waals surface area (Å²) >= 11 is 17.0. The molecule has 246 valence electrons. The summed E-state index contributed by atoms with van der Waals surface area (Å²) in [5.41, 5.74) is 0.781. The summed E-state index contributed by atoms with van der Waals surface area (Å²) in [5, 5.41) is 9.74. The van der Waals surface area contributed by atoms with E-state index < -0.39 is 32.1 Å². The highest BCUT2D eigenvalue weighted by Crippen LogP contribution is 2.38. The molecule has 1 atom stereocenters. The Morgan fingerprint density at radius 2 is 1.64 bits per heavy atom. The molecule has 0 saturated carbocycles. The van der Waals surface area contributed by atoms with Crippen LogP contribution in [0.4, 0.5) is 5.69 Å². The fourth-order valence-electron chi connectivity index (χ4n) is 5.98. The van der Waals surface area contributed by atoms with Crippen LogP contribution in [0, 0.1) is 11.8 Å². The van der Waals surface area contributed by atoms with E-state index >= 15 is 0 Å². The number of piperidine rings is 2. The molecule has 1 unspecified atom stereocenters. The Labute approximate surface area is 283 Å². The summed E-state index contributed by atoms with van der Waals surface area (Å²) in [6.45, 7) is 4.64. The molecule has 9 nitrogen and oxygen atoms in total. The van der Waals surface area contributed by atoms with E-state index in [1.165, 1.54) is 12.1 Å². The maximum atomic E-state index is 13.0. The highest BCUT2D eigenvalue weighted by molar-refractivity contribution is 9.10. The zero-order valence-corrected chi connectivity index (χ0v) is 30.2. The first-order valence-corrected chi connectivity index (χ1v) is 20.3. The Morgan fingerprint density at radius 1 is 1.02 bits per heavy atom. The van der Waals surface area contributed by atoms with E-state index in [0.717, 1.165) is 81.5 Å². The fourth-order valence-corrected chi connectivity index (χ4v) is 11.5. The normalized spacial score (nSPS) is 18.5. The van der Waals surface area contributed by atoms with Crippen LogP contribution in [0.15, 0.2) is 37.8 Å². The third kappa shape index (κ3) is 9.11. The molecule has 44 heavy (non-hydrogen) atoms. The maximum absolute atomic E-state index is 13.0. The van der Waals surface area contributed by atoms with E-state index in [-0.39, 0.29) is 15.5 Å². The summed E-state index contributed by atoms with van der Waals surface area (Å²) < 4.78 is 56.9. The van der Waals surface area contributed by atoms with Gasteiger partial charge in [0.2, 0.25) is 10.0 Å². The van der Waals surface area contributed by atoms with Gasteiger partial charge in [0.25, 0.3) is 10.0 Å². The smallest absolute Gasteiger partial charge is 0.321 e. The SMILES string of the molecule is CCCCC(NS(=O)(=O)c1ccc(N2CCC(CCCC3CCN(S(=O)(=O)c4cc(Br)c(Cl)s4)CC3)CC2)c(Cl)c1)C(=O)O. The molecule has 1 aromatic carbocycles. The number of carboxylic acid groups (broad SMARTS) is 1. The maximum Gasteiger partial charge on any atom is 0.321 e. The molecule has 1 aromatic heterocycles. The minimum Gasteiger partial charge on any atom is -0.480 e. The van der Waals surface area contributed by atoms with Gasteiger partial charge >= 0.3 is 5.97 Å². The summed E-state index contributed by atoms with van der Waals surface area (Å²) in [4.78, 5) is 13.7. The lowest BCUT2D eigenvalue weighted by molar-refractivity contribution is -0.139. The van der Waals surface area contributed by atoms with Crippen LogP contribution < -0.4 is 9.62 Å². The zero-order valence-electron chi connectivity index (χ0n) is 24.7. The van der Waals surface area contributed by atoms with Gasteiger partial charge in [0.15, 0.2) is 0 Å². The first-order chi connectivity index (χ1) is 20.8. The number of halogens is 3. The highest BCUT2D eigenvalue weighted by atomic mass is 79.9. The predicted octanol–water partition coefficient (Wildman–Crippen LogP) is 7.23. The predicted molar refractivity (Wildman–Crippen MR) is 180 cm³/mol. The van der Waals surface area contributed by atoms with E-state index in [0.29, 0.717) is 45.2 Å². The van der Waals surface area contributed by atoms with Gasteiger partial charge in [-0.2, -0.15) is 9.03 Å². The van der Waals surface area contributed by atoms with Crippen LogP contribution in [0.3, 0.4) is 0 Å². The third-order valence-electron chi connectivity index (χ3n) is 8.64. The molecule has 3 heterocycles. The van der Waals surface area contributed by atoms with E-state index in [1.54, 1.807) is 16.4 Å². The number of hydrogen-bond donors (Lipinski definition) is 2. The second-order valence-corrected chi connectivity index (χ2v) is 18.5. The molecule has 15 heteroatoms. The van der Waals surface area contributed by atoms with Crippen LogP contribution in [-0.2, 0) is 24.8 Å². The Bertz CT molecular complexity index is 1490. The lowest BCUT2D eigenvalue weighted by Crippen LogP contribution is -2.40. The van der Waals surface area contributed by atoms with Gasteiger partial charge in [0.1, 0.15) is 14.6 Å². The van der Waals surface area contributed by atoms with Crippen LogP contribution in [0.25, 0.3) is 0 Å². The average Bonchev–Trinajstić information content (AvgIpc) is 3.34. The van der Waals surface area contributed by atoms with Gasteiger partial charge in [0.05, 0.1) is 15.6 Å². The number of sulfonamides is 2. The molecule has 2 aromatic rings. The number of rotatable bonds is 14. The first kappa shape index (κ1) is 35.9. The van der Waals surface area contributed by atoms with Crippen molar-refractivity contribution in [2.24, 2.45) is 11.8 Å². The highest BCUT2D eigenvalue weighted by Gasteiger charge is 2.31. The fraction of sp³-hybridized carbons (Fsp3) is 0.621. The topological polar surface area (TPSA) is 124 Å². The number of unbranched alkanes of at least 4 members (excludes halogenated alkanes) is 1. The van der Waals surface area contributed by atoms with E-state index in [2.05, 4.69) is 25.6 Å². The number of carboxylic acids is 1. The van der Waals surface area contributed by atoms with Gasteiger partial charge in [-0.3, -0.25) is 4.79 Å². The van der Waals surface area contributed by atoms with Gasteiger partial charge in [-0.15, -0.1) is 11.3 Å². The van der Waals surface area contributed by atoms with Gasteiger partial charge < -0.3 is 10.0 Å². The standard InChI is InChI=1S/C29H40BrCl2N3O6S3/c1-2-3-7-25(29(36)37)33-43(38,39)22-8-9-26(24(31)18-22)34-14-10-20(11-15-34)5-4-6-21-12-16-35(17-13-21)44(40,41)27-19-23(30)28(32)42-27/h8-9,18-21,25,33H,2-7,10-17H2,1H3,(H,36,37). The summed E-state index contributed by atoms with van der Waals surface area (Å²) in [7, 11) is -7.54. The Kier molecular flexibility index (Phi) is 12.9. The summed E-state index contributed by atoms with van der Waals surface area (Å²) in [6, 6.07) is 4.99. The molecule has 2 aliphatic rings. The van der Waals surface area contributed by atoms with Crippen LogP contribution in [0.5, 0.6) is 0 Å². The number of nitrogens with one attached hydrogen (secondary N) is 1. The second-order valence-electron chi connectivity index (χ2n) is 11.7. The second kappa shape index (κ2) is 15.8. The molecule has 2 aliphatic heterocycles. The third-order valence-corrected chi connectivity index (χ3v) is 15.2. The van der Waals surface area contributed by atoms with Crippen molar-refractivity contribution in [3.63, 3.8) is 0 Å². The molecule has 4 rings (SSSR count). The minimum atomic E-state index is -4.03. The van der Waals surface area contributed by atoms with Crippen molar-refractivity contribution in [1.82, 2.24) is 9.03 Å². The number of thiophene rings is 1. The molecule has 0 aliphatic carbocycles. The van der Waals surface area contributed by atoms with Crippen LogP contribution in [0.1, 0.15) is 71.1 Å². The number of anilines is 1. The Hall–Kier alpha value is -0.930.